The Morgan fingerprint density at radius 2 is 2.42 bits per heavy atom. The van der Waals surface area contributed by atoms with Crippen LogP contribution in [0.1, 0.15) is 24.8 Å². The van der Waals surface area contributed by atoms with Crippen molar-refractivity contribution in [2.45, 2.75) is 19.3 Å². The molecule has 0 amide bonds. The van der Waals surface area contributed by atoms with Crippen LogP contribution < -0.4 is 0 Å². The molecular weight excluding hydrogens is 152 g/mol. The lowest BCUT2D eigenvalue weighted by Gasteiger charge is -2.31. The fourth-order valence-electron chi connectivity index (χ4n) is 1.68. The van der Waals surface area contributed by atoms with Gasteiger partial charge in [0.25, 0.3) is 0 Å². The first-order valence-electron chi connectivity index (χ1n) is 4.19. The zero-order valence-corrected chi connectivity index (χ0v) is 7.32. The Morgan fingerprint density at radius 1 is 1.67 bits per heavy atom. The number of carbonyl (C=O) groups is 1. The Bertz CT molecular complexity index is 316. The molecule has 0 spiro atoms. The van der Waals surface area contributed by atoms with E-state index in [-0.39, 0.29) is 5.92 Å². The number of Topliss-reactive ketones (excluding diaryl/α,β-unsaturated/α-hetero) is 1. The Kier molecular flexibility index (Phi) is 1.53. The van der Waals surface area contributed by atoms with Crippen LogP contribution in [0.3, 0.4) is 0 Å². The lowest BCUT2D eigenvalue weighted by molar-refractivity contribution is -0.130. The van der Waals surface area contributed by atoms with Crippen molar-refractivity contribution >= 4 is 5.78 Å². The first-order chi connectivity index (χ1) is 5.68. The smallest absolute Gasteiger partial charge is 0.136 e. The molecule has 12 heavy (non-hydrogen) atoms. The number of hydrogen-bond donors (Lipinski definition) is 0. The van der Waals surface area contributed by atoms with E-state index in [4.69, 9.17) is 0 Å². The van der Waals surface area contributed by atoms with Crippen LogP contribution in [0.25, 0.3) is 0 Å². The Labute approximate surface area is 71.4 Å². The molecule has 64 valence electrons. The fourth-order valence-corrected chi connectivity index (χ4v) is 1.68. The predicted molar refractivity (Wildman–Crippen MR) is 44.7 cm³/mol. The summed E-state index contributed by atoms with van der Waals surface area (Å²) in [6.45, 7) is 1.99. The molecule has 0 radical (unpaired) electrons. The zero-order valence-electron chi connectivity index (χ0n) is 7.32. The minimum absolute atomic E-state index is 0.203. The van der Waals surface area contributed by atoms with E-state index in [1.54, 1.807) is 4.68 Å². The number of aryl methyl sites for hydroxylation is 1. The molecule has 1 aliphatic rings. The van der Waals surface area contributed by atoms with Crippen LogP contribution in [0.4, 0.5) is 0 Å². The summed E-state index contributed by atoms with van der Waals surface area (Å²) in [5.41, 5.74) is 1.20. The number of rotatable bonds is 1. The second-order valence-corrected chi connectivity index (χ2v) is 3.51. The number of ketones is 1. The second kappa shape index (κ2) is 2.44. The van der Waals surface area contributed by atoms with Gasteiger partial charge < -0.3 is 0 Å². The van der Waals surface area contributed by atoms with Gasteiger partial charge >= 0.3 is 0 Å². The third-order valence-corrected chi connectivity index (χ3v) is 2.69. The summed E-state index contributed by atoms with van der Waals surface area (Å²) in [4.78, 5) is 11.0. The van der Waals surface area contributed by atoms with Crippen molar-refractivity contribution in [2.75, 3.05) is 0 Å². The maximum Gasteiger partial charge on any atom is 0.136 e. The largest absolute Gasteiger partial charge is 0.299 e. The van der Waals surface area contributed by atoms with Gasteiger partial charge in [-0.1, -0.05) is 6.92 Å². The summed E-state index contributed by atoms with van der Waals surface area (Å²) < 4.78 is 1.78. The van der Waals surface area contributed by atoms with Crippen LogP contribution in [-0.4, -0.2) is 15.6 Å². The highest BCUT2D eigenvalue weighted by Crippen LogP contribution is 2.38. The van der Waals surface area contributed by atoms with Crippen molar-refractivity contribution in [2.24, 2.45) is 13.0 Å². The van der Waals surface area contributed by atoms with Crippen molar-refractivity contribution in [3.63, 3.8) is 0 Å². The van der Waals surface area contributed by atoms with Crippen LogP contribution >= 0.6 is 0 Å². The van der Waals surface area contributed by atoms with Crippen molar-refractivity contribution < 1.29 is 4.79 Å². The van der Waals surface area contributed by atoms with Crippen LogP contribution in [0.15, 0.2) is 12.4 Å². The van der Waals surface area contributed by atoms with Gasteiger partial charge in [0.1, 0.15) is 5.78 Å². The summed E-state index contributed by atoms with van der Waals surface area (Å²) in [6, 6.07) is 0. The molecule has 0 aliphatic heterocycles. The van der Waals surface area contributed by atoms with E-state index in [9.17, 15) is 4.79 Å². The molecule has 3 heteroatoms. The van der Waals surface area contributed by atoms with Crippen LogP contribution in [-0.2, 0) is 11.8 Å². The maximum absolute atomic E-state index is 11.0. The molecular formula is C9H12N2O. The molecule has 1 aromatic rings. The molecule has 1 fully saturated rings. The standard InChI is InChI=1S/C9H12N2O/c1-6-8(3-9(6)12)7-4-10-11(2)5-7/h4-6,8H,3H2,1-2H3. The molecule has 1 saturated carbocycles. The highest BCUT2D eigenvalue weighted by molar-refractivity contribution is 5.88. The summed E-state index contributed by atoms with van der Waals surface area (Å²) >= 11 is 0. The number of aromatic nitrogens is 2. The Hall–Kier alpha value is -1.12. The molecule has 0 bridgehead atoms. The van der Waals surface area contributed by atoms with Gasteiger partial charge in [-0.15, -0.1) is 0 Å². The molecule has 1 aliphatic carbocycles. The third-order valence-electron chi connectivity index (χ3n) is 2.69. The topological polar surface area (TPSA) is 34.9 Å². The lowest BCUT2D eigenvalue weighted by atomic mass is 9.71. The molecule has 3 nitrogen and oxygen atoms in total. The zero-order chi connectivity index (χ0) is 8.72. The van der Waals surface area contributed by atoms with E-state index in [0.717, 1.165) is 0 Å². The Balaban J connectivity index is 2.17. The SMILES string of the molecule is CC1C(=O)CC1c1cnn(C)c1. The van der Waals surface area contributed by atoms with Gasteiger partial charge in [0.2, 0.25) is 0 Å². The van der Waals surface area contributed by atoms with Gasteiger partial charge in [0, 0.05) is 31.5 Å². The van der Waals surface area contributed by atoms with Crippen molar-refractivity contribution in [1.82, 2.24) is 9.78 Å². The molecule has 1 heterocycles. The van der Waals surface area contributed by atoms with Crippen LogP contribution in [0, 0.1) is 5.92 Å². The Morgan fingerprint density at radius 3 is 2.83 bits per heavy atom. The first kappa shape index (κ1) is 7.53. The van der Waals surface area contributed by atoms with Crippen LogP contribution in [0.2, 0.25) is 0 Å². The van der Waals surface area contributed by atoms with E-state index in [0.29, 0.717) is 18.1 Å². The van der Waals surface area contributed by atoms with Gasteiger partial charge in [0.05, 0.1) is 6.20 Å². The second-order valence-electron chi connectivity index (χ2n) is 3.51. The minimum Gasteiger partial charge on any atom is -0.299 e. The normalized spacial score (nSPS) is 28.7. The van der Waals surface area contributed by atoms with E-state index >= 15 is 0 Å². The van der Waals surface area contributed by atoms with Crippen molar-refractivity contribution in [3.05, 3.63) is 18.0 Å². The van der Waals surface area contributed by atoms with E-state index in [1.165, 1.54) is 5.56 Å². The summed E-state index contributed by atoms with van der Waals surface area (Å²) in [7, 11) is 1.90. The molecule has 2 unspecified atom stereocenters. The molecule has 2 atom stereocenters. The highest BCUT2D eigenvalue weighted by atomic mass is 16.1. The minimum atomic E-state index is 0.203. The van der Waals surface area contributed by atoms with Crippen molar-refractivity contribution in [1.29, 1.82) is 0 Å². The molecule has 1 aromatic heterocycles. The number of hydrogen-bond acceptors (Lipinski definition) is 2. The van der Waals surface area contributed by atoms with E-state index in [1.807, 2.05) is 26.4 Å². The van der Waals surface area contributed by atoms with Crippen molar-refractivity contribution in [3.8, 4) is 0 Å². The quantitative estimate of drug-likeness (QED) is 0.623. The molecule has 0 N–H and O–H groups in total. The molecule has 0 aromatic carbocycles. The third kappa shape index (κ3) is 0.967. The fraction of sp³-hybridized carbons (Fsp3) is 0.556. The van der Waals surface area contributed by atoms with Gasteiger partial charge in [-0.25, -0.2) is 0 Å². The van der Waals surface area contributed by atoms with E-state index in [2.05, 4.69) is 5.10 Å². The summed E-state index contributed by atoms with van der Waals surface area (Å²) in [5, 5.41) is 4.08. The summed E-state index contributed by atoms with van der Waals surface area (Å²) in [5.74, 6) is 1.00. The maximum atomic E-state index is 11.0. The van der Waals surface area contributed by atoms with Gasteiger partial charge in [0.15, 0.2) is 0 Å². The molecule has 2 rings (SSSR count). The van der Waals surface area contributed by atoms with E-state index < -0.39 is 0 Å². The van der Waals surface area contributed by atoms with Gasteiger partial charge in [-0.05, 0) is 5.56 Å². The lowest BCUT2D eigenvalue weighted by Crippen LogP contribution is -2.32. The van der Waals surface area contributed by atoms with Gasteiger partial charge in [-0.3, -0.25) is 9.48 Å². The van der Waals surface area contributed by atoms with Gasteiger partial charge in [-0.2, -0.15) is 5.10 Å². The molecule has 0 saturated heterocycles. The summed E-state index contributed by atoms with van der Waals surface area (Å²) in [6.07, 6.45) is 4.55. The highest BCUT2D eigenvalue weighted by Gasteiger charge is 2.37. The average molecular weight is 164 g/mol. The average Bonchev–Trinajstić information content (AvgIpc) is 2.46. The van der Waals surface area contributed by atoms with Crippen LogP contribution in [0.5, 0.6) is 0 Å². The number of carbonyl (C=O) groups excluding carboxylic acids is 1. The monoisotopic (exact) mass is 164 g/mol. The first-order valence-corrected chi connectivity index (χ1v) is 4.19. The predicted octanol–water partition coefficient (Wildman–Crippen LogP) is 1.11. The number of nitrogens with zero attached hydrogens (tertiary/aromatic N) is 2.